The van der Waals surface area contributed by atoms with E-state index in [0.717, 1.165) is 41.0 Å². The summed E-state index contributed by atoms with van der Waals surface area (Å²) in [6.07, 6.45) is -0.705. The molecule has 5 atom stereocenters. The molecule has 0 radical (unpaired) electrons. The van der Waals surface area contributed by atoms with Gasteiger partial charge in [-0.3, -0.25) is 8.98 Å². The second-order valence-electron chi connectivity index (χ2n) is 9.19. The molecule has 2 aliphatic rings. The van der Waals surface area contributed by atoms with Crippen molar-refractivity contribution in [3.8, 4) is 0 Å². The van der Waals surface area contributed by atoms with E-state index < -0.39 is 40.4 Å². The van der Waals surface area contributed by atoms with Crippen LogP contribution >= 0.6 is 34.5 Å². The van der Waals surface area contributed by atoms with E-state index in [2.05, 4.69) is 20.6 Å². The van der Waals surface area contributed by atoms with Gasteiger partial charge >= 0.3 is 10.3 Å². The summed E-state index contributed by atoms with van der Waals surface area (Å²) in [5, 5.41) is 27.9. The van der Waals surface area contributed by atoms with Crippen molar-refractivity contribution >= 4 is 56.4 Å². The molecule has 1 aliphatic carbocycles. The first-order chi connectivity index (χ1) is 18.6. The highest BCUT2D eigenvalue weighted by atomic mass is 35.5. The Morgan fingerprint density at radius 1 is 1.21 bits per heavy atom. The van der Waals surface area contributed by atoms with Crippen molar-refractivity contribution in [2.75, 3.05) is 18.9 Å². The number of fused-ring (bicyclic) bond motifs is 1. The zero-order valence-corrected chi connectivity index (χ0v) is 23.6. The summed E-state index contributed by atoms with van der Waals surface area (Å²) in [4.78, 5) is 22.1. The van der Waals surface area contributed by atoms with Crippen LogP contribution in [0.2, 0.25) is 9.36 Å². The number of aliphatic hydroxyl groups excluding tert-OH is 2. The van der Waals surface area contributed by atoms with E-state index in [1.807, 2.05) is 22.9 Å². The van der Waals surface area contributed by atoms with Crippen LogP contribution in [0.3, 0.4) is 0 Å². The van der Waals surface area contributed by atoms with Crippen LogP contribution in [-0.4, -0.2) is 72.3 Å². The third kappa shape index (κ3) is 5.82. The number of benzene rings is 1. The van der Waals surface area contributed by atoms with E-state index >= 15 is 0 Å². The second-order valence-corrected chi connectivity index (χ2v) is 12.8. The van der Waals surface area contributed by atoms with Crippen molar-refractivity contribution in [1.29, 1.82) is 0 Å². The van der Waals surface area contributed by atoms with Gasteiger partial charge < -0.3 is 20.8 Å². The Balaban J connectivity index is 1.39. The molecule has 0 bridgehead atoms. The topological polar surface area (TPSA) is 163 Å². The lowest BCUT2D eigenvalue weighted by atomic mass is 9.91. The molecule has 3 heterocycles. The van der Waals surface area contributed by atoms with Crippen molar-refractivity contribution in [1.82, 2.24) is 20.0 Å². The third-order valence-corrected chi connectivity index (χ3v) is 9.44. The highest BCUT2D eigenvalue weighted by molar-refractivity contribution is 7.84. The lowest BCUT2D eigenvalue weighted by Gasteiger charge is -2.27. The number of nitrogens with zero attached hydrogens (tertiary/aromatic N) is 2. The number of hydrogen-bond acceptors (Lipinski definition) is 11. The number of ketones is 1. The average molecular weight is 615 g/mol. The van der Waals surface area contributed by atoms with Gasteiger partial charge in [-0.25, -0.2) is 9.97 Å². The van der Waals surface area contributed by atoms with Crippen molar-refractivity contribution < 1.29 is 27.6 Å². The summed E-state index contributed by atoms with van der Waals surface area (Å²) in [5.74, 6) is -0.278. The minimum Gasteiger partial charge on any atom is -0.388 e. The smallest absolute Gasteiger partial charge is 0.335 e. The molecular weight excluding hydrogens is 589 g/mol. The highest BCUT2D eigenvalue weighted by Gasteiger charge is 2.44. The standard InChI is InChI=1S/C24H25Cl2N5O6S2/c1-27-39(35,36)37-17-8-16(21(33)22(17)34)31-24-15(9-28-10-30-24)20(32)18-7-14(23(26)38-18)19-13-6-12(25)3-2-11(13)4-5-29-19/h2-3,6-7,9-10,16-17,19,21-22,27,29,33-34H,4-5,8H2,1H3,(H,28,30,31)/t16-,17-,19?,21+,22+/m1/s1. The molecule has 0 spiro atoms. The number of aliphatic hydroxyl groups is 2. The number of anilines is 1. The summed E-state index contributed by atoms with van der Waals surface area (Å²) in [7, 11) is -2.93. The Morgan fingerprint density at radius 3 is 2.77 bits per heavy atom. The second kappa shape index (κ2) is 11.4. The first-order valence-electron chi connectivity index (χ1n) is 12.0. The fourth-order valence-electron chi connectivity index (χ4n) is 4.85. The first kappa shape index (κ1) is 28.3. The number of carbonyl (C=O) groups is 1. The van der Waals surface area contributed by atoms with E-state index in [1.54, 1.807) is 6.07 Å². The number of nitrogens with one attached hydrogen (secondary N) is 3. The van der Waals surface area contributed by atoms with E-state index in [1.165, 1.54) is 19.6 Å². The summed E-state index contributed by atoms with van der Waals surface area (Å²) >= 11 is 14.0. The van der Waals surface area contributed by atoms with Gasteiger partial charge in [-0.05, 0) is 35.7 Å². The van der Waals surface area contributed by atoms with Gasteiger partial charge in [0.25, 0.3) is 0 Å². The molecule has 0 saturated heterocycles. The molecule has 3 aromatic rings. The molecule has 5 rings (SSSR count). The van der Waals surface area contributed by atoms with Gasteiger partial charge in [0.05, 0.1) is 26.9 Å². The fourth-order valence-corrected chi connectivity index (χ4v) is 6.93. The Kier molecular flexibility index (Phi) is 8.25. The lowest BCUT2D eigenvalue weighted by Crippen LogP contribution is -2.38. The number of carbonyl (C=O) groups excluding carboxylic acids is 1. The quantitative estimate of drug-likeness (QED) is 0.238. The van der Waals surface area contributed by atoms with Gasteiger partial charge in [0, 0.05) is 36.8 Å². The summed E-state index contributed by atoms with van der Waals surface area (Å²) < 4.78 is 30.9. The Bertz CT molecular complexity index is 1500. The van der Waals surface area contributed by atoms with Gasteiger partial charge in [0.15, 0.2) is 0 Å². The minimum absolute atomic E-state index is 0.0643. The average Bonchev–Trinajstić information content (AvgIpc) is 3.42. The van der Waals surface area contributed by atoms with Crippen LogP contribution in [-0.2, 0) is 20.9 Å². The van der Waals surface area contributed by atoms with Crippen LogP contribution in [0.15, 0.2) is 36.8 Å². The van der Waals surface area contributed by atoms with Gasteiger partial charge in [0.2, 0.25) is 5.78 Å². The van der Waals surface area contributed by atoms with Crippen molar-refractivity contribution in [2.24, 2.45) is 0 Å². The van der Waals surface area contributed by atoms with E-state index in [-0.39, 0.29) is 23.8 Å². The fraction of sp³-hybridized carbons (Fsp3) is 0.375. The lowest BCUT2D eigenvalue weighted by molar-refractivity contribution is -0.00882. The monoisotopic (exact) mass is 613 g/mol. The molecule has 2 aromatic heterocycles. The summed E-state index contributed by atoms with van der Waals surface area (Å²) in [5.41, 5.74) is 3.03. The molecule has 15 heteroatoms. The SMILES string of the molecule is CNS(=O)(=O)O[C@@H]1C[C@@H](Nc2ncncc2C(=O)c2cc(C3NCCc4ccc(Cl)cc43)c(Cl)s2)[C@H](O)[C@H]1O. The van der Waals surface area contributed by atoms with E-state index in [4.69, 9.17) is 27.4 Å². The molecule has 1 aliphatic heterocycles. The predicted octanol–water partition coefficient (Wildman–Crippen LogP) is 2.07. The molecule has 208 valence electrons. The van der Waals surface area contributed by atoms with Crippen molar-refractivity contribution in [3.05, 3.63) is 73.3 Å². The maximum absolute atomic E-state index is 13.6. The molecule has 5 N–H and O–H groups in total. The Hall–Kier alpha value is -2.20. The number of thiophene rings is 1. The number of rotatable bonds is 8. The first-order valence-corrected chi connectivity index (χ1v) is 15.0. The van der Waals surface area contributed by atoms with Crippen molar-refractivity contribution in [2.45, 2.75) is 43.2 Å². The predicted molar refractivity (Wildman–Crippen MR) is 147 cm³/mol. The maximum atomic E-state index is 13.6. The van der Waals surface area contributed by atoms with Crippen LogP contribution in [0.4, 0.5) is 5.82 Å². The van der Waals surface area contributed by atoms with Gasteiger partial charge in [-0.15, -0.1) is 11.3 Å². The Labute approximate surface area is 238 Å². The van der Waals surface area contributed by atoms with E-state index in [9.17, 15) is 23.4 Å². The van der Waals surface area contributed by atoms with Crippen LogP contribution < -0.4 is 15.4 Å². The van der Waals surface area contributed by atoms with Crippen LogP contribution in [0.5, 0.6) is 0 Å². The van der Waals surface area contributed by atoms with E-state index in [0.29, 0.717) is 14.2 Å². The van der Waals surface area contributed by atoms with Crippen molar-refractivity contribution in [3.63, 3.8) is 0 Å². The van der Waals surface area contributed by atoms with Crippen LogP contribution in [0, 0.1) is 0 Å². The molecule has 1 aromatic carbocycles. The number of halogens is 2. The molecule has 1 fully saturated rings. The summed E-state index contributed by atoms with van der Waals surface area (Å²) in [6, 6.07) is 6.40. The molecule has 0 amide bonds. The molecular formula is C24H25Cl2N5O6S2. The van der Waals surface area contributed by atoms with Crippen LogP contribution in [0.1, 0.15) is 44.4 Å². The molecule has 39 heavy (non-hydrogen) atoms. The zero-order chi connectivity index (χ0) is 27.9. The molecule has 1 unspecified atom stereocenters. The molecule has 11 nitrogen and oxygen atoms in total. The third-order valence-electron chi connectivity index (χ3n) is 6.82. The highest BCUT2D eigenvalue weighted by Crippen LogP contribution is 2.39. The van der Waals surface area contributed by atoms with Gasteiger partial charge in [0.1, 0.15) is 30.5 Å². The number of aromatic nitrogens is 2. The van der Waals surface area contributed by atoms with Gasteiger partial charge in [-0.2, -0.15) is 13.1 Å². The minimum atomic E-state index is -4.10. The number of hydrogen-bond donors (Lipinski definition) is 5. The largest absolute Gasteiger partial charge is 0.388 e. The maximum Gasteiger partial charge on any atom is 0.335 e. The summed E-state index contributed by atoms with van der Waals surface area (Å²) in [6.45, 7) is 0.741. The Morgan fingerprint density at radius 2 is 2.00 bits per heavy atom. The van der Waals surface area contributed by atoms with Gasteiger partial charge in [-0.1, -0.05) is 29.3 Å². The zero-order valence-electron chi connectivity index (χ0n) is 20.5. The normalized spacial score (nSPS) is 24.9. The van der Waals surface area contributed by atoms with Crippen LogP contribution in [0.25, 0.3) is 0 Å². The molecule has 1 saturated carbocycles.